The number of nitrogens with zero attached hydrogens (tertiary/aromatic N) is 3. The van der Waals surface area contributed by atoms with Crippen LogP contribution < -0.4 is 4.90 Å². The molecule has 1 amide bonds. The number of hydrogen-bond donors (Lipinski definition) is 1. The Morgan fingerprint density at radius 1 is 0.941 bits per heavy atom. The number of ketones is 2. The van der Waals surface area contributed by atoms with Gasteiger partial charge in [-0.05, 0) is 48.7 Å². The number of para-hydroxylation sites is 1. The van der Waals surface area contributed by atoms with Gasteiger partial charge in [0.15, 0.2) is 0 Å². The molecular weight excluding hydrogens is 428 g/mol. The van der Waals surface area contributed by atoms with Crippen molar-refractivity contribution in [1.82, 2.24) is 15.0 Å². The number of nitrogens with one attached hydrogen (secondary N) is 1. The van der Waals surface area contributed by atoms with Crippen molar-refractivity contribution >= 4 is 45.1 Å². The summed E-state index contributed by atoms with van der Waals surface area (Å²) in [6, 6.07) is 14.2. The quantitative estimate of drug-likeness (QED) is 0.362. The Kier molecular flexibility index (Phi) is 4.98. The topological polar surface area (TPSA) is 96.0 Å². The number of carbonyl (C=O) groups excluding carboxylic acids is 3. The zero-order valence-corrected chi connectivity index (χ0v) is 18.6. The van der Waals surface area contributed by atoms with Crippen LogP contribution in [-0.2, 0) is 14.4 Å². The minimum atomic E-state index is -1.03. The highest BCUT2D eigenvalue weighted by Gasteiger charge is 2.53. The number of carbonyl (C=O) groups is 3. The van der Waals surface area contributed by atoms with Gasteiger partial charge in [0.2, 0.25) is 5.78 Å². The molecule has 6 rings (SSSR count). The van der Waals surface area contributed by atoms with E-state index in [1.54, 1.807) is 18.6 Å². The fraction of sp³-hybridized carbons (Fsp3) is 0.296. The zero-order valence-electron chi connectivity index (χ0n) is 18.6. The summed E-state index contributed by atoms with van der Waals surface area (Å²) in [7, 11) is 0. The largest absolute Gasteiger partial charge is 0.345 e. The minimum absolute atomic E-state index is 0.103. The molecule has 34 heavy (non-hydrogen) atoms. The van der Waals surface area contributed by atoms with E-state index in [4.69, 9.17) is 0 Å². The predicted molar refractivity (Wildman–Crippen MR) is 128 cm³/mol. The van der Waals surface area contributed by atoms with Crippen molar-refractivity contribution in [3.05, 3.63) is 66.6 Å². The van der Waals surface area contributed by atoms with Crippen LogP contribution in [0.1, 0.15) is 43.7 Å². The Bertz CT molecular complexity index is 1430. The number of hydrogen-bond acceptors (Lipinski definition) is 5. The molecule has 170 valence electrons. The van der Waals surface area contributed by atoms with Crippen LogP contribution in [0.15, 0.2) is 61.1 Å². The molecule has 1 aliphatic carbocycles. The van der Waals surface area contributed by atoms with Crippen LogP contribution in [-0.4, -0.2) is 32.4 Å². The average molecular weight is 453 g/mol. The number of fused-ring (bicyclic) bond motifs is 2. The van der Waals surface area contributed by atoms with Crippen molar-refractivity contribution in [2.45, 2.75) is 38.1 Å². The Morgan fingerprint density at radius 3 is 2.62 bits per heavy atom. The number of H-pyrrole nitrogens is 1. The smallest absolute Gasteiger partial charge is 0.295 e. The van der Waals surface area contributed by atoms with Gasteiger partial charge in [0.1, 0.15) is 11.7 Å². The molecule has 2 aromatic carbocycles. The predicted octanol–water partition coefficient (Wildman–Crippen LogP) is 4.53. The van der Waals surface area contributed by atoms with Gasteiger partial charge in [-0.25, -0.2) is 4.98 Å². The van der Waals surface area contributed by atoms with Crippen LogP contribution in [0.4, 0.5) is 5.69 Å². The number of amides is 1. The van der Waals surface area contributed by atoms with Gasteiger partial charge in [0.05, 0.1) is 28.9 Å². The molecule has 0 radical (unpaired) electrons. The van der Waals surface area contributed by atoms with Crippen LogP contribution in [0.2, 0.25) is 0 Å². The molecule has 1 saturated carbocycles. The average Bonchev–Trinajstić information content (AvgIpc) is 3.45. The van der Waals surface area contributed by atoms with E-state index in [0.29, 0.717) is 5.69 Å². The SMILES string of the molecule is O=C1C(=O)N(c2ccc3nc[nH]c3c2)C(c2ccnc3ccccc23)C1C(=O)C1CCCCC1. The van der Waals surface area contributed by atoms with Gasteiger partial charge >= 0.3 is 0 Å². The molecular formula is C27H24N4O3. The third kappa shape index (κ3) is 3.22. The molecule has 2 aliphatic rings. The summed E-state index contributed by atoms with van der Waals surface area (Å²) in [6.07, 6.45) is 7.90. The Hall–Kier alpha value is -3.87. The molecule has 3 heterocycles. The van der Waals surface area contributed by atoms with Gasteiger partial charge in [-0.3, -0.25) is 24.3 Å². The lowest BCUT2D eigenvalue weighted by atomic mass is 9.77. The number of Topliss-reactive ketones (excluding diaryl/α,β-unsaturated/α-hetero) is 2. The standard InChI is InChI=1S/C27H24N4O3/c32-25(16-6-2-1-3-7-16)23-24(19-12-13-28-20-9-5-4-8-18(19)20)31(27(34)26(23)33)17-10-11-21-22(14-17)30-15-29-21/h4-5,8-16,23-24H,1-3,6-7H2,(H,29,30). The van der Waals surface area contributed by atoms with Gasteiger partial charge in [-0.15, -0.1) is 0 Å². The van der Waals surface area contributed by atoms with Crippen LogP contribution in [0, 0.1) is 11.8 Å². The normalized spacial score (nSPS) is 21.6. The molecule has 1 aliphatic heterocycles. The maximum Gasteiger partial charge on any atom is 0.295 e. The second kappa shape index (κ2) is 8.17. The van der Waals surface area contributed by atoms with Crippen LogP contribution in [0.3, 0.4) is 0 Å². The molecule has 7 heteroatoms. The van der Waals surface area contributed by atoms with Crippen LogP contribution in [0.5, 0.6) is 0 Å². The van der Waals surface area contributed by atoms with Crippen molar-refractivity contribution < 1.29 is 14.4 Å². The first-order chi connectivity index (χ1) is 16.6. The molecule has 0 bridgehead atoms. The molecule has 1 saturated heterocycles. The second-order valence-electron chi connectivity index (χ2n) is 9.22. The number of pyridine rings is 1. The summed E-state index contributed by atoms with van der Waals surface area (Å²) >= 11 is 0. The number of aromatic nitrogens is 3. The highest BCUT2D eigenvalue weighted by molar-refractivity contribution is 6.48. The van der Waals surface area contributed by atoms with E-state index in [0.717, 1.165) is 59.6 Å². The minimum Gasteiger partial charge on any atom is -0.345 e. The van der Waals surface area contributed by atoms with E-state index in [9.17, 15) is 14.4 Å². The molecule has 1 N–H and O–H groups in total. The number of rotatable bonds is 4. The molecule has 0 spiro atoms. The van der Waals surface area contributed by atoms with Crippen molar-refractivity contribution in [2.24, 2.45) is 11.8 Å². The van der Waals surface area contributed by atoms with Crippen molar-refractivity contribution in [3.63, 3.8) is 0 Å². The summed E-state index contributed by atoms with van der Waals surface area (Å²) in [5.41, 5.74) is 3.63. The van der Waals surface area contributed by atoms with E-state index in [1.165, 1.54) is 4.90 Å². The van der Waals surface area contributed by atoms with Crippen LogP contribution >= 0.6 is 0 Å². The maximum absolute atomic E-state index is 13.8. The highest BCUT2D eigenvalue weighted by atomic mass is 16.2. The third-order valence-electron chi connectivity index (χ3n) is 7.30. The molecule has 2 aromatic heterocycles. The van der Waals surface area contributed by atoms with Gasteiger partial charge in [0.25, 0.3) is 5.91 Å². The molecule has 7 nitrogen and oxygen atoms in total. The number of aromatic amines is 1. The van der Waals surface area contributed by atoms with Crippen molar-refractivity contribution in [1.29, 1.82) is 0 Å². The second-order valence-corrected chi connectivity index (χ2v) is 9.22. The monoisotopic (exact) mass is 452 g/mol. The van der Waals surface area contributed by atoms with Crippen LogP contribution in [0.25, 0.3) is 21.9 Å². The van der Waals surface area contributed by atoms with Gasteiger partial charge in [-0.1, -0.05) is 37.5 Å². The summed E-state index contributed by atoms with van der Waals surface area (Å²) in [5, 5.41) is 0.839. The van der Waals surface area contributed by atoms with Gasteiger partial charge in [-0.2, -0.15) is 0 Å². The number of benzene rings is 2. The first-order valence-electron chi connectivity index (χ1n) is 11.8. The maximum atomic E-state index is 13.8. The van der Waals surface area contributed by atoms with E-state index in [2.05, 4.69) is 15.0 Å². The summed E-state index contributed by atoms with van der Waals surface area (Å²) < 4.78 is 0. The molecule has 2 fully saturated rings. The zero-order chi connectivity index (χ0) is 23.2. The molecule has 4 aromatic rings. The lowest BCUT2D eigenvalue weighted by molar-refractivity contribution is -0.140. The van der Waals surface area contributed by atoms with Gasteiger partial charge < -0.3 is 4.98 Å². The first kappa shape index (κ1) is 20.7. The van der Waals surface area contributed by atoms with E-state index in [1.807, 2.05) is 42.5 Å². The first-order valence-corrected chi connectivity index (χ1v) is 11.8. The fourth-order valence-corrected chi connectivity index (χ4v) is 5.64. The molecule has 2 atom stereocenters. The van der Waals surface area contributed by atoms with E-state index in [-0.39, 0.29) is 11.7 Å². The summed E-state index contributed by atoms with van der Waals surface area (Å²) in [4.78, 5) is 54.0. The third-order valence-corrected chi connectivity index (χ3v) is 7.30. The summed E-state index contributed by atoms with van der Waals surface area (Å²) in [6.45, 7) is 0. The lowest BCUT2D eigenvalue weighted by Crippen LogP contribution is -2.34. The number of anilines is 1. The lowest BCUT2D eigenvalue weighted by Gasteiger charge is -2.30. The van der Waals surface area contributed by atoms with Crippen molar-refractivity contribution in [2.75, 3.05) is 4.90 Å². The molecule has 2 unspecified atom stereocenters. The fourth-order valence-electron chi connectivity index (χ4n) is 5.64. The number of imidazole rings is 1. The van der Waals surface area contributed by atoms with Crippen molar-refractivity contribution in [3.8, 4) is 0 Å². The Balaban J connectivity index is 1.54. The Morgan fingerprint density at radius 2 is 1.76 bits per heavy atom. The van der Waals surface area contributed by atoms with E-state index >= 15 is 0 Å². The Labute approximate surface area is 196 Å². The van der Waals surface area contributed by atoms with E-state index < -0.39 is 23.7 Å². The van der Waals surface area contributed by atoms with Gasteiger partial charge in [0, 0.05) is 23.2 Å². The highest BCUT2D eigenvalue weighted by Crippen LogP contribution is 2.44. The summed E-state index contributed by atoms with van der Waals surface area (Å²) in [5.74, 6) is -2.57.